The maximum Gasteiger partial charge on any atom is 0.271 e. The summed E-state index contributed by atoms with van der Waals surface area (Å²) in [7, 11) is 0. The number of nitriles is 1. The number of nitrogens with one attached hydrogen (secondary N) is 1. The first-order valence-electron chi connectivity index (χ1n) is 6.70. The van der Waals surface area contributed by atoms with Crippen molar-refractivity contribution in [3.8, 4) is 11.8 Å². The second kappa shape index (κ2) is 7.60. The van der Waals surface area contributed by atoms with Crippen LogP contribution >= 0.6 is 0 Å². The van der Waals surface area contributed by atoms with Crippen molar-refractivity contribution in [1.82, 2.24) is 5.43 Å². The standard InChI is InChI=1S/C17H15N3O2/c1-13-6-2-4-8-15(13)17(21)20-19-12-14-7-3-5-9-16(14)22-11-10-18/h2-9,12H,11H2,1H3,(H,20,21)/b19-12-. The molecule has 0 atom stereocenters. The minimum absolute atomic E-state index is 0.0412. The van der Waals surface area contributed by atoms with Crippen LogP contribution in [0.5, 0.6) is 5.75 Å². The van der Waals surface area contributed by atoms with E-state index in [-0.39, 0.29) is 12.5 Å². The summed E-state index contributed by atoms with van der Waals surface area (Å²) < 4.78 is 5.28. The number of carbonyl (C=O) groups is 1. The highest BCUT2D eigenvalue weighted by Crippen LogP contribution is 2.15. The van der Waals surface area contributed by atoms with Crippen LogP contribution in [0.3, 0.4) is 0 Å². The molecule has 0 unspecified atom stereocenters. The molecule has 1 amide bonds. The molecule has 5 heteroatoms. The summed E-state index contributed by atoms with van der Waals surface area (Å²) in [5.41, 5.74) is 4.62. The molecule has 0 aliphatic heterocycles. The van der Waals surface area contributed by atoms with Crippen molar-refractivity contribution in [2.75, 3.05) is 6.61 Å². The molecule has 110 valence electrons. The number of rotatable bonds is 5. The van der Waals surface area contributed by atoms with Crippen LogP contribution in [0.25, 0.3) is 0 Å². The summed E-state index contributed by atoms with van der Waals surface area (Å²) in [6.45, 7) is 1.82. The van der Waals surface area contributed by atoms with Crippen molar-refractivity contribution in [3.05, 3.63) is 65.2 Å². The lowest BCUT2D eigenvalue weighted by Gasteiger charge is -2.05. The van der Waals surface area contributed by atoms with E-state index >= 15 is 0 Å². The lowest BCUT2D eigenvalue weighted by atomic mass is 10.1. The normalized spacial score (nSPS) is 10.2. The van der Waals surface area contributed by atoms with E-state index in [4.69, 9.17) is 10.00 Å². The highest BCUT2D eigenvalue weighted by molar-refractivity contribution is 5.96. The quantitative estimate of drug-likeness (QED) is 0.680. The number of carbonyl (C=O) groups excluding carboxylic acids is 1. The Morgan fingerprint density at radius 1 is 1.27 bits per heavy atom. The van der Waals surface area contributed by atoms with E-state index in [2.05, 4.69) is 10.5 Å². The summed E-state index contributed by atoms with van der Waals surface area (Å²) in [6, 6.07) is 16.3. The SMILES string of the molecule is Cc1ccccc1C(=O)N/N=C\c1ccccc1OCC#N. The maximum atomic E-state index is 12.0. The number of ether oxygens (including phenoxy) is 1. The third-order valence-electron chi connectivity index (χ3n) is 2.97. The Hall–Kier alpha value is -3.13. The van der Waals surface area contributed by atoms with Crippen LogP contribution < -0.4 is 10.2 Å². The number of hydrogen-bond donors (Lipinski definition) is 1. The number of amides is 1. The summed E-state index contributed by atoms with van der Waals surface area (Å²) >= 11 is 0. The number of aryl methyl sites for hydroxylation is 1. The Bertz CT molecular complexity index is 733. The molecule has 0 aliphatic rings. The smallest absolute Gasteiger partial charge is 0.271 e. The van der Waals surface area contributed by atoms with Gasteiger partial charge < -0.3 is 4.74 Å². The zero-order valence-corrected chi connectivity index (χ0v) is 12.1. The average molecular weight is 293 g/mol. The van der Waals surface area contributed by atoms with Gasteiger partial charge in [-0.2, -0.15) is 10.4 Å². The minimum Gasteiger partial charge on any atom is -0.478 e. The van der Waals surface area contributed by atoms with Gasteiger partial charge in [-0.3, -0.25) is 4.79 Å². The predicted octanol–water partition coefficient (Wildman–Crippen LogP) is 2.66. The highest BCUT2D eigenvalue weighted by atomic mass is 16.5. The molecular formula is C17H15N3O2. The Labute approximate surface area is 128 Å². The molecule has 0 aromatic heterocycles. The largest absolute Gasteiger partial charge is 0.478 e. The maximum absolute atomic E-state index is 12.0. The van der Waals surface area contributed by atoms with E-state index in [1.807, 2.05) is 31.2 Å². The third-order valence-corrected chi connectivity index (χ3v) is 2.97. The van der Waals surface area contributed by atoms with Crippen molar-refractivity contribution in [1.29, 1.82) is 5.26 Å². The van der Waals surface area contributed by atoms with Gasteiger partial charge in [-0.15, -0.1) is 0 Å². The summed E-state index contributed by atoms with van der Waals surface area (Å²) in [6.07, 6.45) is 1.49. The van der Waals surface area contributed by atoms with Gasteiger partial charge >= 0.3 is 0 Å². The van der Waals surface area contributed by atoms with Crippen LogP contribution in [0.4, 0.5) is 0 Å². The zero-order chi connectivity index (χ0) is 15.8. The Balaban J connectivity index is 2.06. The molecule has 0 heterocycles. The number of hydrogen-bond acceptors (Lipinski definition) is 4. The molecule has 0 spiro atoms. The molecule has 2 aromatic carbocycles. The van der Waals surface area contributed by atoms with E-state index < -0.39 is 0 Å². The zero-order valence-electron chi connectivity index (χ0n) is 12.1. The first kappa shape index (κ1) is 15.3. The third kappa shape index (κ3) is 3.93. The first-order chi connectivity index (χ1) is 10.7. The fraction of sp³-hybridized carbons (Fsp3) is 0.118. The first-order valence-corrected chi connectivity index (χ1v) is 6.70. The average Bonchev–Trinajstić information content (AvgIpc) is 2.54. The van der Waals surface area contributed by atoms with Crippen LogP contribution in [0.15, 0.2) is 53.6 Å². The van der Waals surface area contributed by atoms with E-state index in [0.717, 1.165) is 5.56 Å². The van der Waals surface area contributed by atoms with Gasteiger partial charge in [-0.25, -0.2) is 5.43 Å². The Morgan fingerprint density at radius 3 is 2.77 bits per heavy atom. The molecular weight excluding hydrogens is 278 g/mol. The fourth-order valence-electron chi connectivity index (χ4n) is 1.88. The molecule has 0 bridgehead atoms. The summed E-state index contributed by atoms with van der Waals surface area (Å²) in [5, 5.41) is 12.5. The molecule has 0 saturated heterocycles. The van der Waals surface area contributed by atoms with Gasteiger partial charge in [0.15, 0.2) is 6.61 Å². The summed E-state index contributed by atoms with van der Waals surface area (Å²) in [5.74, 6) is 0.266. The van der Waals surface area contributed by atoms with Crippen molar-refractivity contribution in [2.24, 2.45) is 5.10 Å². The predicted molar refractivity (Wildman–Crippen MR) is 83.8 cm³/mol. The van der Waals surface area contributed by atoms with E-state index in [1.165, 1.54) is 6.21 Å². The van der Waals surface area contributed by atoms with Gasteiger partial charge in [0, 0.05) is 11.1 Å². The molecule has 5 nitrogen and oxygen atoms in total. The van der Waals surface area contributed by atoms with Gasteiger partial charge in [-0.1, -0.05) is 30.3 Å². The highest BCUT2D eigenvalue weighted by Gasteiger charge is 2.06. The molecule has 0 fully saturated rings. The molecule has 0 aliphatic carbocycles. The number of benzene rings is 2. The van der Waals surface area contributed by atoms with Crippen LogP contribution in [-0.4, -0.2) is 18.7 Å². The van der Waals surface area contributed by atoms with E-state index in [1.54, 1.807) is 30.3 Å². The van der Waals surface area contributed by atoms with Crippen LogP contribution in [0, 0.1) is 18.3 Å². The van der Waals surface area contributed by atoms with Crippen molar-refractivity contribution in [3.63, 3.8) is 0 Å². The topological polar surface area (TPSA) is 74.5 Å². The van der Waals surface area contributed by atoms with E-state index in [9.17, 15) is 4.79 Å². The van der Waals surface area contributed by atoms with Gasteiger partial charge in [0.1, 0.15) is 11.8 Å². The molecule has 1 N–H and O–H groups in total. The van der Waals surface area contributed by atoms with Crippen LogP contribution in [0.2, 0.25) is 0 Å². The Kier molecular flexibility index (Phi) is 5.27. The number of para-hydroxylation sites is 1. The van der Waals surface area contributed by atoms with Gasteiger partial charge in [0.25, 0.3) is 5.91 Å². The monoisotopic (exact) mass is 293 g/mol. The second-order valence-corrected chi connectivity index (χ2v) is 4.50. The molecule has 0 radical (unpaired) electrons. The van der Waals surface area contributed by atoms with Gasteiger partial charge in [-0.05, 0) is 30.7 Å². The van der Waals surface area contributed by atoms with Gasteiger partial charge in [0.2, 0.25) is 0 Å². The lowest BCUT2D eigenvalue weighted by Crippen LogP contribution is -2.18. The second-order valence-electron chi connectivity index (χ2n) is 4.50. The fourth-order valence-corrected chi connectivity index (χ4v) is 1.88. The molecule has 2 rings (SSSR count). The minimum atomic E-state index is -0.273. The lowest BCUT2D eigenvalue weighted by molar-refractivity contribution is 0.0954. The van der Waals surface area contributed by atoms with Crippen LogP contribution in [0.1, 0.15) is 21.5 Å². The van der Waals surface area contributed by atoms with Gasteiger partial charge in [0.05, 0.1) is 6.21 Å². The Morgan fingerprint density at radius 2 is 2.00 bits per heavy atom. The summed E-state index contributed by atoms with van der Waals surface area (Å²) in [4.78, 5) is 12.0. The van der Waals surface area contributed by atoms with Crippen LogP contribution in [-0.2, 0) is 0 Å². The molecule has 2 aromatic rings. The molecule has 0 saturated carbocycles. The van der Waals surface area contributed by atoms with E-state index in [0.29, 0.717) is 16.9 Å². The van der Waals surface area contributed by atoms with Crippen molar-refractivity contribution < 1.29 is 9.53 Å². The van der Waals surface area contributed by atoms with Crippen molar-refractivity contribution >= 4 is 12.1 Å². The van der Waals surface area contributed by atoms with Crippen molar-refractivity contribution in [2.45, 2.75) is 6.92 Å². The number of hydrazone groups is 1. The number of nitrogens with zero attached hydrogens (tertiary/aromatic N) is 2. The molecule has 22 heavy (non-hydrogen) atoms.